The van der Waals surface area contributed by atoms with Crippen LogP contribution >= 0.6 is 0 Å². The van der Waals surface area contributed by atoms with Crippen LogP contribution in [0.4, 0.5) is 0 Å². The zero-order valence-corrected chi connectivity index (χ0v) is 13.4. The lowest BCUT2D eigenvalue weighted by atomic mass is 9.92. The molecule has 0 aliphatic heterocycles. The fourth-order valence-corrected chi connectivity index (χ4v) is 3.07. The van der Waals surface area contributed by atoms with Crippen LogP contribution in [0.25, 0.3) is 16.9 Å². The molecule has 0 spiro atoms. The van der Waals surface area contributed by atoms with E-state index in [-0.39, 0.29) is 0 Å². The monoisotopic (exact) mass is 309 g/mol. The Bertz CT molecular complexity index is 870. The molecule has 1 aliphatic rings. The van der Waals surface area contributed by atoms with Crippen molar-refractivity contribution in [2.24, 2.45) is 0 Å². The van der Waals surface area contributed by atoms with Crippen LogP contribution in [0.15, 0.2) is 30.3 Å². The Balaban J connectivity index is 1.82. The third kappa shape index (κ3) is 2.32. The lowest BCUT2D eigenvalue weighted by Crippen LogP contribution is -2.08. The van der Waals surface area contributed by atoms with Crippen molar-refractivity contribution in [2.45, 2.75) is 26.2 Å². The van der Waals surface area contributed by atoms with Gasteiger partial charge < -0.3 is 9.47 Å². The lowest BCUT2D eigenvalue weighted by molar-refractivity contribution is 0.300. The first kappa shape index (κ1) is 14.1. The first-order chi connectivity index (χ1) is 11.3. The maximum Gasteiger partial charge on any atom is 0.231 e. The normalized spacial score (nSPS) is 12.8. The van der Waals surface area contributed by atoms with E-state index in [9.17, 15) is 0 Å². The second-order valence-corrected chi connectivity index (χ2v) is 5.72. The van der Waals surface area contributed by atoms with Crippen LogP contribution < -0.4 is 9.47 Å². The smallest absolute Gasteiger partial charge is 0.231 e. The Kier molecular flexibility index (Phi) is 3.41. The minimum absolute atomic E-state index is 0.653. The molecule has 0 atom stereocenters. The maximum absolute atomic E-state index is 5.65. The number of aromatic nitrogens is 3. The number of imidazole rings is 1. The molecule has 2 heterocycles. The van der Waals surface area contributed by atoms with Gasteiger partial charge in [-0.1, -0.05) is 6.92 Å². The average molecular weight is 309 g/mol. The summed E-state index contributed by atoms with van der Waals surface area (Å²) in [7, 11) is 1.70. The highest BCUT2D eigenvalue weighted by molar-refractivity contribution is 5.72. The molecule has 23 heavy (non-hydrogen) atoms. The molecule has 0 fully saturated rings. The maximum atomic E-state index is 5.65. The Hall–Kier alpha value is -2.56. The number of hydrogen-bond acceptors (Lipinski definition) is 4. The molecule has 3 aromatic rings. The van der Waals surface area contributed by atoms with E-state index in [4.69, 9.17) is 14.5 Å². The Morgan fingerprint density at radius 2 is 2.09 bits per heavy atom. The molecule has 1 aromatic carbocycles. The lowest BCUT2D eigenvalue weighted by Gasteiger charge is -2.16. The van der Waals surface area contributed by atoms with E-state index >= 15 is 0 Å². The number of rotatable bonds is 4. The Labute approximate surface area is 134 Å². The molecule has 0 saturated heterocycles. The van der Waals surface area contributed by atoms with Gasteiger partial charge in [-0.25, -0.2) is 9.50 Å². The summed E-state index contributed by atoms with van der Waals surface area (Å²) in [5.74, 6) is 1.55. The number of hydrogen-bond donors (Lipinski definition) is 0. The van der Waals surface area contributed by atoms with E-state index in [2.05, 4.69) is 24.2 Å². The summed E-state index contributed by atoms with van der Waals surface area (Å²) in [5, 5.41) is 4.60. The van der Waals surface area contributed by atoms with Gasteiger partial charge in [0, 0.05) is 11.6 Å². The molecular weight excluding hydrogens is 290 g/mol. The molecule has 0 N–H and O–H groups in total. The van der Waals surface area contributed by atoms with E-state index < -0.39 is 0 Å². The highest BCUT2D eigenvalue weighted by Gasteiger charge is 2.23. The zero-order valence-electron chi connectivity index (χ0n) is 13.4. The summed E-state index contributed by atoms with van der Waals surface area (Å²) >= 11 is 0. The Morgan fingerprint density at radius 1 is 1.17 bits per heavy atom. The first-order valence-corrected chi connectivity index (χ1v) is 7.99. The third-order valence-electron chi connectivity index (χ3n) is 4.20. The van der Waals surface area contributed by atoms with Gasteiger partial charge in [-0.3, -0.25) is 0 Å². The van der Waals surface area contributed by atoms with Crippen LogP contribution in [0.2, 0.25) is 0 Å². The van der Waals surface area contributed by atoms with Crippen LogP contribution in [-0.4, -0.2) is 28.3 Å². The van der Waals surface area contributed by atoms with Crippen LogP contribution in [0.5, 0.6) is 11.6 Å². The van der Waals surface area contributed by atoms with Crippen molar-refractivity contribution in [3.8, 4) is 22.9 Å². The molecule has 0 radical (unpaired) electrons. The average Bonchev–Trinajstić information content (AvgIpc) is 2.97. The summed E-state index contributed by atoms with van der Waals surface area (Å²) in [4.78, 5) is 4.78. The van der Waals surface area contributed by atoms with E-state index in [1.807, 2.05) is 22.7 Å². The molecular formula is C18H19N3O2. The second kappa shape index (κ2) is 5.57. The van der Waals surface area contributed by atoms with Gasteiger partial charge in [-0.2, -0.15) is 0 Å². The molecule has 0 amide bonds. The van der Waals surface area contributed by atoms with Crippen molar-refractivity contribution in [3.05, 3.63) is 41.6 Å². The molecule has 0 unspecified atom stereocenters. The van der Waals surface area contributed by atoms with Crippen LogP contribution in [0.1, 0.15) is 24.6 Å². The van der Waals surface area contributed by atoms with Gasteiger partial charge in [0.15, 0.2) is 5.65 Å². The van der Waals surface area contributed by atoms with Crippen molar-refractivity contribution in [1.29, 1.82) is 0 Å². The van der Waals surface area contributed by atoms with E-state index in [1.165, 1.54) is 11.1 Å². The third-order valence-corrected chi connectivity index (χ3v) is 4.20. The van der Waals surface area contributed by atoms with Crippen LogP contribution in [-0.2, 0) is 12.8 Å². The highest BCUT2D eigenvalue weighted by atomic mass is 16.5. The zero-order chi connectivity index (χ0) is 15.8. The van der Waals surface area contributed by atoms with Gasteiger partial charge in [-0.05, 0) is 49.1 Å². The minimum Gasteiger partial charge on any atom is -0.497 e. The molecule has 4 rings (SSSR count). The second-order valence-electron chi connectivity index (χ2n) is 5.72. The fourth-order valence-electron chi connectivity index (χ4n) is 3.07. The van der Waals surface area contributed by atoms with E-state index in [0.29, 0.717) is 12.5 Å². The molecule has 0 bridgehead atoms. The predicted octanol–water partition coefficient (Wildman–Crippen LogP) is 3.29. The van der Waals surface area contributed by atoms with Crippen LogP contribution in [0.3, 0.4) is 0 Å². The Morgan fingerprint density at radius 3 is 2.91 bits per heavy atom. The standard InChI is InChI=1S/C18H19N3O2/c1-3-10-23-17-9-8-16-19-18-14-6-5-13(22-2)11-12(14)4-7-15(18)21(16)20-17/h5-6,8-9,11H,3-4,7,10H2,1-2H3. The summed E-state index contributed by atoms with van der Waals surface area (Å²) in [6.07, 6.45) is 2.85. The first-order valence-electron chi connectivity index (χ1n) is 7.99. The number of fused-ring (bicyclic) bond motifs is 5. The number of methoxy groups -OCH3 is 1. The van der Waals surface area contributed by atoms with Gasteiger partial charge in [0.1, 0.15) is 5.75 Å². The van der Waals surface area contributed by atoms with Gasteiger partial charge in [0.2, 0.25) is 5.88 Å². The molecule has 1 aliphatic carbocycles. The van der Waals surface area contributed by atoms with Crippen LogP contribution in [0, 0.1) is 0 Å². The molecule has 5 heteroatoms. The van der Waals surface area contributed by atoms with Crippen molar-refractivity contribution in [3.63, 3.8) is 0 Å². The SMILES string of the molecule is CCCOc1ccc2nc3c(n2n1)CCc1cc(OC)ccc1-3. The summed E-state index contributed by atoms with van der Waals surface area (Å²) in [5.41, 5.74) is 5.49. The number of benzene rings is 1. The van der Waals surface area contributed by atoms with E-state index in [0.717, 1.165) is 42.0 Å². The van der Waals surface area contributed by atoms with Gasteiger partial charge in [-0.15, -0.1) is 5.10 Å². The summed E-state index contributed by atoms with van der Waals surface area (Å²) in [6.45, 7) is 2.76. The van der Waals surface area contributed by atoms with Crippen molar-refractivity contribution in [2.75, 3.05) is 13.7 Å². The number of aryl methyl sites for hydroxylation is 2. The van der Waals surface area contributed by atoms with Crippen molar-refractivity contribution in [1.82, 2.24) is 14.6 Å². The molecule has 118 valence electrons. The highest BCUT2D eigenvalue weighted by Crippen LogP contribution is 2.35. The van der Waals surface area contributed by atoms with Crippen molar-refractivity contribution < 1.29 is 9.47 Å². The number of ether oxygens (including phenoxy) is 2. The largest absolute Gasteiger partial charge is 0.497 e. The topological polar surface area (TPSA) is 48.7 Å². The summed E-state index contributed by atoms with van der Waals surface area (Å²) in [6, 6.07) is 10.0. The molecule has 5 nitrogen and oxygen atoms in total. The predicted molar refractivity (Wildman–Crippen MR) is 88.2 cm³/mol. The van der Waals surface area contributed by atoms with Gasteiger partial charge in [0.05, 0.1) is 25.1 Å². The fraction of sp³-hybridized carbons (Fsp3) is 0.333. The van der Waals surface area contributed by atoms with Gasteiger partial charge in [0.25, 0.3) is 0 Å². The molecule has 0 saturated carbocycles. The van der Waals surface area contributed by atoms with E-state index in [1.54, 1.807) is 7.11 Å². The number of nitrogens with zero attached hydrogens (tertiary/aromatic N) is 3. The van der Waals surface area contributed by atoms with Gasteiger partial charge >= 0.3 is 0 Å². The summed E-state index contributed by atoms with van der Waals surface area (Å²) < 4.78 is 12.9. The quantitative estimate of drug-likeness (QED) is 0.742. The minimum atomic E-state index is 0.653. The molecule has 2 aromatic heterocycles. The van der Waals surface area contributed by atoms with Crippen molar-refractivity contribution >= 4 is 5.65 Å².